The lowest BCUT2D eigenvalue weighted by atomic mass is 9.87. The second-order valence-corrected chi connectivity index (χ2v) is 8.83. The minimum Gasteiger partial charge on any atom is -0.469 e. The molecule has 0 saturated carbocycles. The van der Waals surface area contributed by atoms with Crippen molar-refractivity contribution in [1.29, 1.82) is 0 Å². The molecule has 27 heavy (non-hydrogen) atoms. The van der Waals surface area contributed by atoms with Gasteiger partial charge in [-0.25, -0.2) is 0 Å². The molecule has 1 aliphatic heterocycles. The highest BCUT2D eigenvalue weighted by Gasteiger charge is 2.32. The first-order chi connectivity index (χ1) is 12.7. The molecule has 1 N–H and O–H groups in total. The van der Waals surface area contributed by atoms with Gasteiger partial charge in [-0.05, 0) is 35.4 Å². The number of H-pyrrole nitrogens is 1. The summed E-state index contributed by atoms with van der Waals surface area (Å²) in [7, 11) is 1.35. The monoisotopic (exact) mass is 391 g/mol. The first-order valence-corrected chi connectivity index (χ1v) is 9.56. The number of aryl methyl sites for hydroxylation is 1. The second-order valence-electron chi connectivity index (χ2n) is 8.43. The van der Waals surface area contributed by atoms with E-state index in [4.69, 9.17) is 16.3 Å². The minimum atomic E-state index is -0.383. The van der Waals surface area contributed by atoms with Gasteiger partial charge < -0.3 is 9.64 Å². The van der Waals surface area contributed by atoms with Crippen molar-refractivity contribution in [2.45, 2.75) is 46.6 Å². The molecule has 0 bridgehead atoms. The lowest BCUT2D eigenvalue weighted by molar-refractivity contribution is -0.148. The number of amides is 1. The standard InChI is InChI=1S/C20H26ClN3O3/c1-20(2,3)11-24-10-15-12(7-16(21)18-14(15)9-22-23-18)5-6-13(19(24)26)8-17(25)27-4/h7,9,13H,5-6,8,10-11H2,1-4H3,(H,22,23)/t13-/m0/s1. The van der Waals surface area contributed by atoms with Crippen LogP contribution in [0.25, 0.3) is 10.9 Å². The SMILES string of the molecule is COC(=O)C[C@@H]1CCc2cc(Cl)c3[nH]ncc3c2CN(CC(C)(C)C)C1=O. The van der Waals surface area contributed by atoms with Crippen LogP contribution in [0.5, 0.6) is 0 Å². The fourth-order valence-corrected chi connectivity index (χ4v) is 4.03. The summed E-state index contributed by atoms with van der Waals surface area (Å²) >= 11 is 6.42. The first-order valence-electron chi connectivity index (χ1n) is 9.18. The van der Waals surface area contributed by atoms with Crippen LogP contribution in [0.15, 0.2) is 12.3 Å². The zero-order valence-corrected chi connectivity index (χ0v) is 17.0. The Bertz CT molecular complexity index is 869. The summed E-state index contributed by atoms with van der Waals surface area (Å²) in [4.78, 5) is 26.9. The van der Waals surface area contributed by atoms with Crippen molar-refractivity contribution >= 4 is 34.4 Å². The molecule has 0 fully saturated rings. The van der Waals surface area contributed by atoms with Gasteiger partial charge in [0.05, 0.1) is 30.3 Å². The zero-order valence-electron chi connectivity index (χ0n) is 16.3. The lowest BCUT2D eigenvalue weighted by Crippen LogP contribution is -2.42. The molecule has 1 atom stereocenters. The summed E-state index contributed by atoms with van der Waals surface area (Å²) in [5, 5.41) is 8.66. The van der Waals surface area contributed by atoms with Crippen molar-refractivity contribution < 1.29 is 14.3 Å². The first kappa shape index (κ1) is 19.7. The summed E-state index contributed by atoms with van der Waals surface area (Å²) in [6.45, 7) is 7.39. The van der Waals surface area contributed by atoms with E-state index in [1.165, 1.54) is 7.11 Å². The van der Waals surface area contributed by atoms with E-state index in [9.17, 15) is 9.59 Å². The third-order valence-corrected chi connectivity index (χ3v) is 5.27. The van der Waals surface area contributed by atoms with Crippen molar-refractivity contribution in [2.24, 2.45) is 11.3 Å². The summed E-state index contributed by atoms with van der Waals surface area (Å²) in [6.07, 6.45) is 3.15. The van der Waals surface area contributed by atoms with Gasteiger partial charge in [-0.2, -0.15) is 5.10 Å². The Morgan fingerprint density at radius 3 is 2.85 bits per heavy atom. The molecular formula is C20H26ClN3O3. The summed E-state index contributed by atoms with van der Waals surface area (Å²) in [5.74, 6) is -0.729. The number of nitrogens with zero attached hydrogens (tertiary/aromatic N) is 2. The van der Waals surface area contributed by atoms with Gasteiger partial charge in [-0.1, -0.05) is 32.4 Å². The summed E-state index contributed by atoms with van der Waals surface area (Å²) < 4.78 is 4.80. The Morgan fingerprint density at radius 2 is 2.19 bits per heavy atom. The highest BCUT2D eigenvalue weighted by molar-refractivity contribution is 6.35. The molecule has 1 aromatic heterocycles. The van der Waals surface area contributed by atoms with Crippen LogP contribution < -0.4 is 0 Å². The van der Waals surface area contributed by atoms with Crippen LogP contribution in [0.3, 0.4) is 0 Å². The van der Waals surface area contributed by atoms with E-state index in [-0.39, 0.29) is 29.6 Å². The quantitative estimate of drug-likeness (QED) is 0.809. The van der Waals surface area contributed by atoms with E-state index >= 15 is 0 Å². The van der Waals surface area contributed by atoms with Gasteiger partial charge in [0, 0.05) is 24.4 Å². The van der Waals surface area contributed by atoms with E-state index < -0.39 is 0 Å². The number of benzene rings is 1. The number of fused-ring (bicyclic) bond motifs is 3. The topological polar surface area (TPSA) is 75.3 Å². The van der Waals surface area contributed by atoms with Crippen molar-refractivity contribution in [3.63, 3.8) is 0 Å². The Balaban J connectivity index is 2.04. The Hall–Kier alpha value is -2.08. The number of aromatic amines is 1. The molecule has 2 heterocycles. The van der Waals surface area contributed by atoms with Gasteiger partial charge >= 0.3 is 5.97 Å². The van der Waals surface area contributed by atoms with Gasteiger partial charge in [0.15, 0.2) is 0 Å². The van der Waals surface area contributed by atoms with Crippen molar-refractivity contribution in [2.75, 3.05) is 13.7 Å². The second kappa shape index (κ2) is 7.50. The molecule has 0 spiro atoms. The van der Waals surface area contributed by atoms with Crippen molar-refractivity contribution in [1.82, 2.24) is 15.1 Å². The summed E-state index contributed by atoms with van der Waals surface area (Å²) in [5.41, 5.74) is 2.92. The maximum Gasteiger partial charge on any atom is 0.306 e. The van der Waals surface area contributed by atoms with Crippen LogP contribution in [0.1, 0.15) is 44.7 Å². The third kappa shape index (κ3) is 4.26. The average molecular weight is 392 g/mol. The lowest BCUT2D eigenvalue weighted by Gasteiger charge is -2.35. The number of carbonyl (C=O) groups excluding carboxylic acids is 2. The molecule has 7 heteroatoms. The maximum absolute atomic E-state index is 13.2. The molecule has 0 unspecified atom stereocenters. The van der Waals surface area contributed by atoms with Gasteiger partial charge in [-0.3, -0.25) is 14.7 Å². The fraction of sp³-hybridized carbons (Fsp3) is 0.550. The molecule has 0 saturated heterocycles. The van der Waals surface area contributed by atoms with Gasteiger partial charge in [0.1, 0.15) is 0 Å². The van der Waals surface area contributed by atoms with Gasteiger partial charge in [0.25, 0.3) is 0 Å². The normalized spacial score (nSPS) is 18.2. The van der Waals surface area contributed by atoms with E-state index in [0.717, 1.165) is 22.0 Å². The number of methoxy groups -OCH3 is 1. The van der Waals surface area contributed by atoms with E-state index in [0.29, 0.717) is 31.0 Å². The number of ether oxygens (including phenoxy) is 1. The number of carbonyl (C=O) groups is 2. The number of rotatable bonds is 3. The molecule has 0 aliphatic carbocycles. The van der Waals surface area contributed by atoms with E-state index in [1.807, 2.05) is 11.0 Å². The largest absolute Gasteiger partial charge is 0.469 e. The van der Waals surface area contributed by atoms with E-state index in [1.54, 1.807) is 6.20 Å². The number of nitrogens with one attached hydrogen (secondary N) is 1. The van der Waals surface area contributed by atoms with Gasteiger partial charge in [0.2, 0.25) is 5.91 Å². The van der Waals surface area contributed by atoms with Crippen LogP contribution >= 0.6 is 11.6 Å². The van der Waals surface area contributed by atoms with E-state index in [2.05, 4.69) is 31.0 Å². The minimum absolute atomic E-state index is 0.00701. The molecular weight excluding hydrogens is 366 g/mol. The molecule has 146 valence electrons. The molecule has 1 aliphatic rings. The predicted molar refractivity (Wildman–Crippen MR) is 104 cm³/mol. The third-order valence-electron chi connectivity index (χ3n) is 4.97. The average Bonchev–Trinajstić information content (AvgIpc) is 3.08. The Kier molecular flexibility index (Phi) is 5.47. The van der Waals surface area contributed by atoms with Crippen LogP contribution in [0.2, 0.25) is 5.02 Å². The number of esters is 1. The van der Waals surface area contributed by atoms with Crippen LogP contribution in [-0.4, -0.2) is 40.6 Å². The highest BCUT2D eigenvalue weighted by atomic mass is 35.5. The Morgan fingerprint density at radius 1 is 1.44 bits per heavy atom. The number of aromatic nitrogens is 2. The molecule has 2 aromatic rings. The zero-order chi connectivity index (χ0) is 19.8. The highest BCUT2D eigenvalue weighted by Crippen LogP contribution is 2.34. The van der Waals surface area contributed by atoms with Crippen LogP contribution in [0.4, 0.5) is 0 Å². The Labute approximate surface area is 164 Å². The summed E-state index contributed by atoms with van der Waals surface area (Å²) in [6, 6.07) is 1.96. The molecule has 1 amide bonds. The molecule has 0 radical (unpaired) electrons. The van der Waals surface area contributed by atoms with Crippen molar-refractivity contribution in [3.8, 4) is 0 Å². The number of hydrogen-bond acceptors (Lipinski definition) is 4. The van der Waals surface area contributed by atoms with Crippen molar-refractivity contribution in [3.05, 3.63) is 28.4 Å². The van der Waals surface area contributed by atoms with Gasteiger partial charge in [-0.15, -0.1) is 0 Å². The smallest absolute Gasteiger partial charge is 0.306 e. The number of hydrogen-bond donors (Lipinski definition) is 1. The molecule has 3 rings (SSSR count). The maximum atomic E-state index is 13.2. The van der Waals surface area contributed by atoms with Crippen LogP contribution in [0, 0.1) is 11.3 Å². The fourth-order valence-electron chi connectivity index (χ4n) is 3.75. The molecule has 1 aromatic carbocycles. The number of halogens is 1. The van der Waals surface area contributed by atoms with Crippen LogP contribution in [-0.2, 0) is 27.3 Å². The molecule has 6 nitrogen and oxygen atoms in total. The predicted octanol–water partition coefficient (Wildman–Crippen LogP) is 3.72.